The summed E-state index contributed by atoms with van der Waals surface area (Å²) >= 11 is 0. The molecular weight excluding hydrogens is 234 g/mol. The number of ether oxygens (including phenoxy) is 1. The van der Waals surface area contributed by atoms with Crippen LogP contribution in [0.3, 0.4) is 0 Å². The number of benzene rings is 1. The molecule has 106 valence electrons. The van der Waals surface area contributed by atoms with E-state index in [2.05, 4.69) is 51.2 Å². The monoisotopic (exact) mass is 261 g/mol. The molecule has 0 radical (unpaired) electrons. The molecular formula is C17H27NO. The molecule has 0 saturated carbocycles. The van der Waals surface area contributed by atoms with Crippen LogP contribution in [0.1, 0.15) is 51.3 Å². The van der Waals surface area contributed by atoms with Crippen molar-refractivity contribution < 1.29 is 4.74 Å². The molecule has 2 atom stereocenters. The Bertz CT molecular complexity index is 414. The SMILES string of the molecule is CCNC(c1ccc2c(c1)CCCO2)C(C)C(C)C. The van der Waals surface area contributed by atoms with Crippen molar-refractivity contribution in [1.82, 2.24) is 5.32 Å². The van der Waals surface area contributed by atoms with Crippen molar-refractivity contribution in [2.24, 2.45) is 11.8 Å². The van der Waals surface area contributed by atoms with Crippen molar-refractivity contribution in [3.8, 4) is 5.75 Å². The van der Waals surface area contributed by atoms with Gasteiger partial charge in [0.25, 0.3) is 0 Å². The van der Waals surface area contributed by atoms with E-state index >= 15 is 0 Å². The van der Waals surface area contributed by atoms with Crippen LogP contribution in [0.25, 0.3) is 0 Å². The quantitative estimate of drug-likeness (QED) is 0.866. The van der Waals surface area contributed by atoms with Gasteiger partial charge in [-0.05, 0) is 48.4 Å². The Hall–Kier alpha value is -1.02. The fourth-order valence-corrected chi connectivity index (χ4v) is 2.79. The highest BCUT2D eigenvalue weighted by atomic mass is 16.5. The van der Waals surface area contributed by atoms with Crippen LogP contribution in [0.15, 0.2) is 18.2 Å². The molecule has 1 heterocycles. The number of fused-ring (bicyclic) bond motifs is 1. The molecule has 2 nitrogen and oxygen atoms in total. The molecule has 1 aliphatic rings. The third kappa shape index (κ3) is 3.30. The molecule has 0 bridgehead atoms. The van der Waals surface area contributed by atoms with E-state index in [9.17, 15) is 0 Å². The van der Waals surface area contributed by atoms with Gasteiger partial charge in [0, 0.05) is 6.04 Å². The first-order chi connectivity index (χ1) is 9.13. The average Bonchev–Trinajstić information content (AvgIpc) is 2.43. The number of aryl methyl sites for hydroxylation is 1. The Kier molecular flexibility index (Phi) is 4.87. The van der Waals surface area contributed by atoms with Gasteiger partial charge in [0.2, 0.25) is 0 Å². The van der Waals surface area contributed by atoms with Gasteiger partial charge in [-0.1, -0.05) is 39.8 Å². The average molecular weight is 261 g/mol. The standard InChI is InChI=1S/C17H27NO/c1-5-18-17(13(4)12(2)3)15-8-9-16-14(11-15)7-6-10-19-16/h8-9,11-13,17-18H,5-7,10H2,1-4H3. The molecule has 0 saturated heterocycles. The highest BCUT2D eigenvalue weighted by Gasteiger charge is 2.22. The van der Waals surface area contributed by atoms with Gasteiger partial charge in [0.05, 0.1) is 6.61 Å². The van der Waals surface area contributed by atoms with Crippen LogP contribution >= 0.6 is 0 Å². The summed E-state index contributed by atoms with van der Waals surface area (Å²) < 4.78 is 5.71. The minimum Gasteiger partial charge on any atom is -0.493 e. The van der Waals surface area contributed by atoms with Gasteiger partial charge < -0.3 is 10.1 Å². The summed E-state index contributed by atoms with van der Waals surface area (Å²) in [4.78, 5) is 0. The summed E-state index contributed by atoms with van der Waals surface area (Å²) in [5.74, 6) is 2.39. The molecule has 1 aromatic rings. The summed E-state index contributed by atoms with van der Waals surface area (Å²) in [5, 5.41) is 3.65. The van der Waals surface area contributed by atoms with E-state index in [1.54, 1.807) is 0 Å². The molecule has 0 aliphatic carbocycles. The Morgan fingerprint density at radius 1 is 1.26 bits per heavy atom. The van der Waals surface area contributed by atoms with Crippen LogP contribution in [-0.2, 0) is 6.42 Å². The fourth-order valence-electron chi connectivity index (χ4n) is 2.79. The first-order valence-electron chi connectivity index (χ1n) is 7.62. The zero-order valence-electron chi connectivity index (χ0n) is 12.7. The molecule has 0 fully saturated rings. The summed E-state index contributed by atoms with van der Waals surface area (Å²) in [6.07, 6.45) is 2.29. The molecule has 2 heteroatoms. The maximum atomic E-state index is 5.71. The Morgan fingerprint density at radius 3 is 2.74 bits per heavy atom. The van der Waals surface area contributed by atoms with Crippen molar-refractivity contribution in [3.05, 3.63) is 29.3 Å². The van der Waals surface area contributed by atoms with Crippen LogP contribution in [0.2, 0.25) is 0 Å². The summed E-state index contributed by atoms with van der Waals surface area (Å²) in [6.45, 7) is 11.0. The molecule has 1 N–H and O–H groups in total. The van der Waals surface area contributed by atoms with Gasteiger partial charge in [0.15, 0.2) is 0 Å². The van der Waals surface area contributed by atoms with E-state index in [1.165, 1.54) is 11.1 Å². The fraction of sp³-hybridized carbons (Fsp3) is 0.647. The smallest absolute Gasteiger partial charge is 0.122 e. The van der Waals surface area contributed by atoms with E-state index in [1.807, 2.05) is 0 Å². The summed E-state index contributed by atoms with van der Waals surface area (Å²) in [5.41, 5.74) is 2.79. The van der Waals surface area contributed by atoms with E-state index in [0.29, 0.717) is 17.9 Å². The van der Waals surface area contributed by atoms with E-state index < -0.39 is 0 Å². The van der Waals surface area contributed by atoms with Crippen LogP contribution in [-0.4, -0.2) is 13.2 Å². The van der Waals surface area contributed by atoms with Crippen molar-refractivity contribution >= 4 is 0 Å². The second-order valence-corrected chi connectivity index (χ2v) is 5.96. The lowest BCUT2D eigenvalue weighted by molar-refractivity contribution is 0.285. The summed E-state index contributed by atoms with van der Waals surface area (Å²) in [6, 6.07) is 7.18. The molecule has 0 spiro atoms. The predicted molar refractivity (Wildman–Crippen MR) is 80.7 cm³/mol. The van der Waals surface area contributed by atoms with Crippen LogP contribution in [0.5, 0.6) is 5.75 Å². The zero-order valence-corrected chi connectivity index (χ0v) is 12.7. The Morgan fingerprint density at radius 2 is 2.05 bits per heavy atom. The minimum atomic E-state index is 0.442. The van der Waals surface area contributed by atoms with Gasteiger partial charge in [-0.15, -0.1) is 0 Å². The van der Waals surface area contributed by atoms with Crippen molar-refractivity contribution in [2.45, 2.75) is 46.6 Å². The lowest BCUT2D eigenvalue weighted by Gasteiger charge is -2.29. The molecule has 2 rings (SSSR count). The second-order valence-electron chi connectivity index (χ2n) is 5.96. The van der Waals surface area contributed by atoms with Gasteiger partial charge in [-0.3, -0.25) is 0 Å². The molecule has 19 heavy (non-hydrogen) atoms. The first kappa shape index (κ1) is 14.4. The maximum Gasteiger partial charge on any atom is 0.122 e. The van der Waals surface area contributed by atoms with E-state index in [0.717, 1.165) is 31.7 Å². The van der Waals surface area contributed by atoms with Gasteiger partial charge in [-0.2, -0.15) is 0 Å². The van der Waals surface area contributed by atoms with Crippen molar-refractivity contribution in [1.29, 1.82) is 0 Å². The highest BCUT2D eigenvalue weighted by Crippen LogP contribution is 2.32. The molecule has 2 unspecified atom stereocenters. The number of rotatable bonds is 5. The minimum absolute atomic E-state index is 0.442. The van der Waals surface area contributed by atoms with Crippen LogP contribution < -0.4 is 10.1 Å². The zero-order chi connectivity index (χ0) is 13.8. The summed E-state index contributed by atoms with van der Waals surface area (Å²) in [7, 11) is 0. The Labute approximate surface area is 117 Å². The third-order valence-electron chi connectivity index (χ3n) is 4.29. The van der Waals surface area contributed by atoms with Crippen molar-refractivity contribution in [2.75, 3.05) is 13.2 Å². The van der Waals surface area contributed by atoms with Gasteiger partial charge >= 0.3 is 0 Å². The van der Waals surface area contributed by atoms with Gasteiger partial charge in [0.1, 0.15) is 5.75 Å². The maximum absolute atomic E-state index is 5.71. The van der Waals surface area contributed by atoms with Crippen LogP contribution in [0, 0.1) is 11.8 Å². The topological polar surface area (TPSA) is 21.3 Å². The van der Waals surface area contributed by atoms with E-state index in [-0.39, 0.29) is 0 Å². The van der Waals surface area contributed by atoms with Crippen LogP contribution in [0.4, 0.5) is 0 Å². The molecule has 1 aromatic carbocycles. The van der Waals surface area contributed by atoms with Crippen molar-refractivity contribution in [3.63, 3.8) is 0 Å². The first-order valence-corrected chi connectivity index (χ1v) is 7.62. The molecule has 0 aromatic heterocycles. The number of hydrogen-bond donors (Lipinski definition) is 1. The molecule has 0 amide bonds. The normalized spacial score (nSPS) is 17.7. The second kappa shape index (κ2) is 6.42. The van der Waals surface area contributed by atoms with Gasteiger partial charge in [-0.25, -0.2) is 0 Å². The molecule has 1 aliphatic heterocycles. The largest absolute Gasteiger partial charge is 0.493 e. The van der Waals surface area contributed by atoms with E-state index in [4.69, 9.17) is 4.74 Å². The predicted octanol–water partition coefficient (Wildman–Crippen LogP) is 3.95. The number of nitrogens with one attached hydrogen (secondary N) is 1. The lowest BCUT2D eigenvalue weighted by atomic mass is 9.85. The number of hydrogen-bond acceptors (Lipinski definition) is 2. The third-order valence-corrected chi connectivity index (χ3v) is 4.29. The Balaban J connectivity index is 2.26. The lowest BCUT2D eigenvalue weighted by Crippen LogP contribution is -2.29. The highest BCUT2D eigenvalue weighted by molar-refractivity contribution is 5.39.